The van der Waals surface area contributed by atoms with E-state index in [9.17, 15) is 0 Å². The predicted molar refractivity (Wildman–Crippen MR) is 67.5 cm³/mol. The Bertz CT molecular complexity index is 284. The summed E-state index contributed by atoms with van der Waals surface area (Å²) in [5.74, 6) is 0.981. The van der Waals surface area contributed by atoms with Gasteiger partial charge in [0, 0.05) is 0 Å². The minimum atomic E-state index is 0. The highest BCUT2D eigenvalue weighted by Gasteiger charge is 2.09. The maximum atomic E-state index is 5.66. The highest BCUT2D eigenvalue weighted by molar-refractivity contribution is 5.27. The molecular formula is C14H24O. The summed E-state index contributed by atoms with van der Waals surface area (Å²) in [5, 5.41) is 0. The summed E-state index contributed by atoms with van der Waals surface area (Å²) in [6.07, 6.45) is 1.08. The van der Waals surface area contributed by atoms with Crippen LogP contribution in [-0.2, 0) is 0 Å². The van der Waals surface area contributed by atoms with Gasteiger partial charge in [0.05, 0.1) is 6.61 Å². The van der Waals surface area contributed by atoms with Crippen LogP contribution in [0.5, 0.6) is 5.75 Å². The van der Waals surface area contributed by atoms with Crippen LogP contribution in [0, 0.1) is 12.3 Å². The van der Waals surface area contributed by atoms with Gasteiger partial charge in [-0.2, -0.15) is 0 Å². The third-order valence-electron chi connectivity index (χ3n) is 2.11. The van der Waals surface area contributed by atoms with Gasteiger partial charge in [-0.05, 0) is 36.5 Å². The molecule has 0 amide bonds. The molecule has 0 aliphatic rings. The molecule has 15 heavy (non-hydrogen) atoms. The molecule has 0 aromatic heterocycles. The molecule has 0 aliphatic carbocycles. The van der Waals surface area contributed by atoms with Crippen molar-refractivity contribution in [3.8, 4) is 5.75 Å². The predicted octanol–water partition coefficient (Wildman–Crippen LogP) is 4.45. The fourth-order valence-electron chi connectivity index (χ4n) is 1.18. The van der Waals surface area contributed by atoms with Gasteiger partial charge in [-0.3, -0.25) is 0 Å². The Kier molecular flexibility index (Phi) is 5.41. The van der Waals surface area contributed by atoms with E-state index in [-0.39, 0.29) is 7.43 Å². The molecule has 0 atom stereocenters. The largest absolute Gasteiger partial charge is 0.494 e. The number of benzene rings is 1. The van der Waals surface area contributed by atoms with Crippen LogP contribution in [0.25, 0.3) is 0 Å². The summed E-state index contributed by atoms with van der Waals surface area (Å²) in [6.45, 7) is 9.56. The summed E-state index contributed by atoms with van der Waals surface area (Å²) in [5.41, 5.74) is 1.60. The Labute approximate surface area is 94.5 Å². The molecular weight excluding hydrogens is 184 g/mol. The van der Waals surface area contributed by atoms with Crippen LogP contribution in [0.3, 0.4) is 0 Å². The third kappa shape index (κ3) is 6.16. The summed E-state index contributed by atoms with van der Waals surface area (Å²) in [7, 11) is 0. The van der Waals surface area contributed by atoms with E-state index in [0.29, 0.717) is 5.41 Å². The van der Waals surface area contributed by atoms with E-state index in [4.69, 9.17) is 4.74 Å². The van der Waals surface area contributed by atoms with Crippen molar-refractivity contribution in [1.29, 1.82) is 0 Å². The van der Waals surface area contributed by atoms with Crippen molar-refractivity contribution >= 4 is 0 Å². The van der Waals surface area contributed by atoms with E-state index in [1.54, 1.807) is 0 Å². The highest BCUT2D eigenvalue weighted by Crippen LogP contribution is 2.19. The van der Waals surface area contributed by atoms with E-state index in [1.165, 1.54) is 5.56 Å². The summed E-state index contributed by atoms with van der Waals surface area (Å²) >= 11 is 0. The van der Waals surface area contributed by atoms with Crippen molar-refractivity contribution in [2.24, 2.45) is 5.41 Å². The molecule has 0 fully saturated rings. The first-order valence-corrected chi connectivity index (χ1v) is 5.17. The van der Waals surface area contributed by atoms with Crippen LogP contribution < -0.4 is 4.74 Å². The number of rotatable bonds is 3. The molecule has 1 aromatic carbocycles. The Balaban J connectivity index is 0.00000196. The second-order valence-electron chi connectivity index (χ2n) is 4.98. The molecule has 0 aliphatic heterocycles. The minimum absolute atomic E-state index is 0. The molecule has 1 rings (SSSR count). The van der Waals surface area contributed by atoms with E-state index >= 15 is 0 Å². The fourth-order valence-corrected chi connectivity index (χ4v) is 1.18. The van der Waals surface area contributed by atoms with Crippen LogP contribution >= 0.6 is 0 Å². The summed E-state index contributed by atoms with van der Waals surface area (Å²) < 4.78 is 5.66. The Hall–Kier alpha value is -0.980. The van der Waals surface area contributed by atoms with Gasteiger partial charge in [0.25, 0.3) is 0 Å². The van der Waals surface area contributed by atoms with Gasteiger partial charge in [0.1, 0.15) is 5.75 Å². The molecule has 86 valence electrons. The molecule has 1 nitrogen and oxygen atoms in total. The molecule has 0 bridgehead atoms. The first-order chi connectivity index (χ1) is 6.47. The van der Waals surface area contributed by atoms with Crippen LogP contribution in [0.4, 0.5) is 0 Å². The average molecular weight is 208 g/mol. The molecule has 0 radical (unpaired) electrons. The second kappa shape index (κ2) is 5.79. The second-order valence-corrected chi connectivity index (χ2v) is 4.98. The number of aryl methyl sites for hydroxylation is 1. The van der Waals surface area contributed by atoms with Crippen molar-refractivity contribution in [3.63, 3.8) is 0 Å². The van der Waals surface area contributed by atoms with E-state index in [0.717, 1.165) is 18.8 Å². The van der Waals surface area contributed by atoms with Gasteiger partial charge in [-0.15, -0.1) is 0 Å². The van der Waals surface area contributed by atoms with Crippen molar-refractivity contribution < 1.29 is 4.74 Å². The molecule has 1 heteroatoms. The molecule has 0 unspecified atom stereocenters. The maximum absolute atomic E-state index is 5.66. The normalized spacial score (nSPS) is 10.7. The number of hydrogen-bond acceptors (Lipinski definition) is 1. The van der Waals surface area contributed by atoms with Gasteiger partial charge in [-0.25, -0.2) is 0 Å². The Morgan fingerprint density at radius 3 is 2.40 bits per heavy atom. The Morgan fingerprint density at radius 2 is 1.87 bits per heavy atom. The van der Waals surface area contributed by atoms with Crippen molar-refractivity contribution in [2.45, 2.75) is 41.5 Å². The third-order valence-corrected chi connectivity index (χ3v) is 2.11. The number of hydrogen-bond donors (Lipinski definition) is 0. The van der Waals surface area contributed by atoms with Crippen LogP contribution in [0.2, 0.25) is 0 Å². The lowest BCUT2D eigenvalue weighted by atomic mass is 9.93. The van der Waals surface area contributed by atoms with Crippen LogP contribution in [0.15, 0.2) is 24.3 Å². The van der Waals surface area contributed by atoms with Crippen LogP contribution in [0.1, 0.15) is 40.2 Å². The van der Waals surface area contributed by atoms with Gasteiger partial charge in [0.2, 0.25) is 0 Å². The topological polar surface area (TPSA) is 9.23 Å². The SMILES string of the molecule is C.Cc1cccc(OCCC(C)(C)C)c1. The smallest absolute Gasteiger partial charge is 0.119 e. The highest BCUT2D eigenvalue weighted by atomic mass is 16.5. The maximum Gasteiger partial charge on any atom is 0.119 e. The van der Waals surface area contributed by atoms with Crippen molar-refractivity contribution in [3.05, 3.63) is 29.8 Å². The lowest BCUT2D eigenvalue weighted by Crippen LogP contribution is -2.11. The molecule has 1 aromatic rings. The fraction of sp³-hybridized carbons (Fsp3) is 0.571. The van der Waals surface area contributed by atoms with E-state index < -0.39 is 0 Å². The molecule has 0 heterocycles. The standard InChI is InChI=1S/C13H20O.CH4/c1-11-6-5-7-12(10-11)14-9-8-13(2,3)4;/h5-7,10H,8-9H2,1-4H3;1H4. The van der Waals surface area contributed by atoms with Crippen molar-refractivity contribution in [2.75, 3.05) is 6.61 Å². The molecule has 0 saturated carbocycles. The summed E-state index contributed by atoms with van der Waals surface area (Å²) in [4.78, 5) is 0. The van der Waals surface area contributed by atoms with Gasteiger partial charge >= 0.3 is 0 Å². The zero-order valence-corrected chi connectivity index (χ0v) is 9.63. The van der Waals surface area contributed by atoms with Gasteiger partial charge in [0.15, 0.2) is 0 Å². The van der Waals surface area contributed by atoms with Crippen LogP contribution in [-0.4, -0.2) is 6.61 Å². The first kappa shape index (κ1) is 14.0. The summed E-state index contributed by atoms with van der Waals surface area (Å²) in [6, 6.07) is 8.19. The Morgan fingerprint density at radius 1 is 1.20 bits per heavy atom. The molecule has 0 saturated heterocycles. The minimum Gasteiger partial charge on any atom is -0.494 e. The monoisotopic (exact) mass is 208 g/mol. The van der Waals surface area contributed by atoms with Gasteiger partial charge < -0.3 is 4.74 Å². The molecule has 0 spiro atoms. The quantitative estimate of drug-likeness (QED) is 0.713. The number of ether oxygens (including phenoxy) is 1. The van der Waals surface area contributed by atoms with E-state index in [1.807, 2.05) is 12.1 Å². The first-order valence-electron chi connectivity index (χ1n) is 5.17. The van der Waals surface area contributed by atoms with Crippen molar-refractivity contribution in [1.82, 2.24) is 0 Å². The van der Waals surface area contributed by atoms with Gasteiger partial charge in [-0.1, -0.05) is 40.3 Å². The molecule has 0 N–H and O–H groups in total. The zero-order valence-electron chi connectivity index (χ0n) is 9.63. The lowest BCUT2D eigenvalue weighted by Gasteiger charge is -2.18. The lowest BCUT2D eigenvalue weighted by molar-refractivity contribution is 0.243. The van der Waals surface area contributed by atoms with E-state index in [2.05, 4.69) is 39.8 Å². The average Bonchev–Trinajstić information content (AvgIpc) is 2.01. The zero-order chi connectivity index (χ0) is 10.6.